The van der Waals surface area contributed by atoms with E-state index >= 15 is 0 Å². The van der Waals surface area contributed by atoms with E-state index < -0.39 is 0 Å². The van der Waals surface area contributed by atoms with E-state index in [0.717, 1.165) is 25.1 Å². The molecule has 1 aromatic heterocycles. The van der Waals surface area contributed by atoms with Crippen molar-refractivity contribution in [2.24, 2.45) is 11.8 Å². The highest BCUT2D eigenvalue weighted by Crippen LogP contribution is 2.23. The number of amides is 1. The summed E-state index contributed by atoms with van der Waals surface area (Å²) in [5.74, 6) is 1.26. The number of anilines is 1. The highest BCUT2D eigenvalue weighted by molar-refractivity contribution is 5.79. The van der Waals surface area contributed by atoms with Gasteiger partial charge in [0.05, 0.1) is 5.69 Å². The highest BCUT2D eigenvalue weighted by Gasteiger charge is 2.32. The second kappa shape index (κ2) is 7.85. The first-order valence-corrected chi connectivity index (χ1v) is 9.37. The fraction of sp³-hybridized carbons (Fsp3) is 0.579. The molecule has 1 aliphatic rings. The van der Waals surface area contributed by atoms with E-state index in [2.05, 4.69) is 34.7 Å². The van der Waals surface area contributed by atoms with Crippen LogP contribution in [-0.2, 0) is 4.79 Å². The number of carbonyl (C=O) groups is 1. The molecule has 1 fully saturated rings. The third-order valence-corrected chi connectivity index (χ3v) is 5.29. The van der Waals surface area contributed by atoms with E-state index in [-0.39, 0.29) is 17.9 Å². The minimum Gasteiger partial charge on any atom is -0.351 e. The maximum absolute atomic E-state index is 12.7. The SMILES string of the molecule is Cc1ccc(-n2nnnc2NCC2CCCN2C(=O)C(C)C(C)C)cc1. The van der Waals surface area contributed by atoms with Gasteiger partial charge in [0, 0.05) is 25.0 Å². The second-order valence-electron chi connectivity index (χ2n) is 7.49. The zero-order valence-electron chi connectivity index (χ0n) is 16.0. The van der Waals surface area contributed by atoms with Gasteiger partial charge in [-0.05, 0) is 48.2 Å². The predicted octanol–water partition coefficient (Wildman–Crippen LogP) is 2.67. The monoisotopic (exact) mass is 356 g/mol. The molecule has 0 bridgehead atoms. The van der Waals surface area contributed by atoms with Gasteiger partial charge in [0.25, 0.3) is 0 Å². The van der Waals surface area contributed by atoms with E-state index in [1.807, 2.05) is 43.0 Å². The van der Waals surface area contributed by atoms with Gasteiger partial charge in [-0.3, -0.25) is 4.79 Å². The Bertz CT molecular complexity index is 739. The van der Waals surface area contributed by atoms with Gasteiger partial charge in [0.2, 0.25) is 11.9 Å². The summed E-state index contributed by atoms with van der Waals surface area (Å²) in [7, 11) is 0. The standard InChI is InChI=1S/C19H28N6O/c1-13(2)15(4)18(26)24-11-5-6-17(24)12-20-19-21-22-23-25(19)16-9-7-14(3)8-10-16/h7-10,13,15,17H,5-6,11-12H2,1-4H3,(H,20,21,23). The van der Waals surface area contributed by atoms with Crippen LogP contribution in [0.3, 0.4) is 0 Å². The Hall–Kier alpha value is -2.44. The van der Waals surface area contributed by atoms with Gasteiger partial charge < -0.3 is 10.2 Å². The van der Waals surface area contributed by atoms with Crippen molar-refractivity contribution in [3.8, 4) is 5.69 Å². The van der Waals surface area contributed by atoms with Crippen molar-refractivity contribution >= 4 is 11.9 Å². The van der Waals surface area contributed by atoms with E-state index in [9.17, 15) is 4.79 Å². The fourth-order valence-corrected chi connectivity index (χ4v) is 3.25. The van der Waals surface area contributed by atoms with Crippen LogP contribution in [0.25, 0.3) is 5.69 Å². The Morgan fingerprint density at radius 2 is 2.00 bits per heavy atom. The number of carbonyl (C=O) groups excluding carboxylic acids is 1. The molecule has 1 saturated heterocycles. The Labute approximate surface area is 154 Å². The quantitative estimate of drug-likeness (QED) is 0.861. The van der Waals surface area contributed by atoms with Gasteiger partial charge in [-0.15, -0.1) is 0 Å². The fourth-order valence-electron chi connectivity index (χ4n) is 3.25. The molecular weight excluding hydrogens is 328 g/mol. The maximum Gasteiger partial charge on any atom is 0.247 e. The first-order chi connectivity index (χ1) is 12.5. The summed E-state index contributed by atoms with van der Waals surface area (Å²) in [5, 5.41) is 15.3. The van der Waals surface area contributed by atoms with Crippen molar-refractivity contribution in [2.75, 3.05) is 18.4 Å². The Balaban J connectivity index is 1.67. The van der Waals surface area contributed by atoms with Crippen molar-refractivity contribution in [2.45, 2.75) is 46.6 Å². The van der Waals surface area contributed by atoms with Gasteiger partial charge in [-0.2, -0.15) is 4.68 Å². The van der Waals surface area contributed by atoms with Crippen LogP contribution in [0.4, 0.5) is 5.95 Å². The van der Waals surface area contributed by atoms with Crippen LogP contribution in [0.15, 0.2) is 24.3 Å². The van der Waals surface area contributed by atoms with Gasteiger partial charge >= 0.3 is 0 Å². The number of hydrogen-bond donors (Lipinski definition) is 1. The first-order valence-electron chi connectivity index (χ1n) is 9.37. The molecule has 140 valence electrons. The molecule has 1 aromatic carbocycles. The maximum atomic E-state index is 12.7. The normalized spacial score (nSPS) is 18.3. The van der Waals surface area contributed by atoms with Crippen LogP contribution in [0, 0.1) is 18.8 Å². The summed E-state index contributed by atoms with van der Waals surface area (Å²) < 4.78 is 1.69. The lowest BCUT2D eigenvalue weighted by Gasteiger charge is -2.29. The smallest absolute Gasteiger partial charge is 0.247 e. The molecule has 1 amide bonds. The number of aromatic nitrogens is 4. The third-order valence-electron chi connectivity index (χ3n) is 5.29. The molecule has 2 heterocycles. The number of rotatable bonds is 6. The van der Waals surface area contributed by atoms with Crippen LogP contribution in [0.5, 0.6) is 0 Å². The Morgan fingerprint density at radius 3 is 2.69 bits per heavy atom. The van der Waals surface area contributed by atoms with Crippen molar-refractivity contribution < 1.29 is 4.79 Å². The summed E-state index contributed by atoms with van der Waals surface area (Å²) in [6.07, 6.45) is 2.06. The van der Waals surface area contributed by atoms with Crippen LogP contribution >= 0.6 is 0 Å². The minimum absolute atomic E-state index is 0.0495. The molecule has 26 heavy (non-hydrogen) atoms. The Morgan fingerprint density at radius 1 is 1.27 bits per heavy atom. The van der Waals surface area contributed by atoms with Crippen LogP contribution in [0.1, 0.15) is 39.2 Å². The van der Waals surface area contributed by atoms with Crippen molar-refractivity contribution in [3.05, 3.63) is 29.8 Å². The molecule has 7 heteroatoms. The minimum atomic E-state index is 0.0495. The molecular formula is C19H28N6O. The van der Waals surface area contributed by atoms with Crippen molar-refractivity contribution in [1.82, 2.24) is 25.1 Å². The van der Waals surface area contributed by atoms with E-state index in [0.29, 0.717) is 18.4 Å². The van der Waals surface area contributed by atoms with Crippen LogP contribution in [0.2, 0.25) is 0 Å². The molecule has 2 atom stereocenters. The van der Waals surface area contributed by atoms with E-state index in [1.54, 1.807) is 4.68 Å². The zero-order valence-corrected chi connectivity index (χ0v) is 16.0. The average Bonchev–Trinajstić information content (AvgIpc) is 3.28. The third kappa shape index (κ3) is 3.86. The number of aryl methyl sites for hydroxylation is 1. The summed E-state index contributed by atoms with van der Waals surface area (Å²) in [6.45, 7) is 9.76. The first kappa shape index (κ1) is 18.4. The van der Waals surface area contributed by atoms with E-state index in [1.165, 1.54) is 5.56 Å². The zero-order chi connectivity index (χ0) is 18.7. The topological polar surface area (TPSA) is 75.9 Å². The number of tetrazole rings is 1. The molecule has 2 unspecified atom stereocenters. The van der Waals surface area contributed by atoms with Crippen molar-refractivity contribution in [1.29, 1.82) is 0 Å². The summed E-state index contributed by atoms with van der Waals surface area (Å²) >= 11 is 0. The van der Waals surface area contributed by atoms with E-state index in [4.69, 9.17) is 0 Å². The number of nitrogens with zero attached hydrogens (tertiary/aromatic N) is 5. The molecule has 1 N–H and O–H groups in total. The predicted molar refractivity (Wildman–Crippen MR) is 101 cm³/mol. The molecule has 2 aromatic rings. The average molecular weight is 356 g/mol. The Kier molecular flexibility index (Phi) is 5.54. The summed E-state index contributed by atoms with van der Waals surface area (Å²) in [5.41, 5.74) is 2.10. The summed E-state index contributed by atoms with van der Waals surface area (Å²) in [6, 6.07) is 8.24. The van der Waals surface area contributed by atoms with Crippen LogP contribution in [-0.4, -0.2) is 50.1 Å². The number of benzene rings is 1. The second-order valence-corrected chi connectivity index (χ2v) is 7.49. The lowest BCUT2D eigenvalue weighted by Crippen LogP contribution is -2.43. The molecule has 1 aliphatic heterocycles. The van der Waals surface area contributed by atoms with Gasteiger partial charge in [-0.25, -0.2) is 0 Å². The highest BCUT2D eigenvalue weighted by atomic mass is 16.2. The molecule has 3 rings (SSSR count). The lowest BCUT2D eigenvalue weighted by atomic mass is 9.96. The number of hydrogen-bond acceptors (Lipinski definition) is 5. The largest absolute Gasteiger partial charge is 0.351 e. The summed E-state index contributed by atoms with van der Waals surface area (Å²) in [4.78, 5) is 14.8. The van der Waals surface area contributed by atoms with Gasteiger partial charge in [-0.1, -0.05) is 43.6 Å². The number of nitrogens with one attached hydrogen (secondary N) is 1. The number of likely N-dealkylation sites (tertiary alicyclic amines) is 1. The molecule has 0 aliphatic carbocycles. The van der Waals surface area contributed by atoms with Gasteiger partial charge in [0.1, 0.15) is 0 Å². The molecule has 0 radical (unpaired) electrons. The molecule has 0 saturated carbocycles. The molecule has 7 nitrogen and oxygen atoms in total. The van der Waals surface area contributed by atoms with Crippen LogP contribution < -0.4 is 5.32 Å². The lowest BCUT2D eigenvalue weighted by molar-refractivity contribution is -0.136. The van der Waals surface area contributed by atoms with Crippen molar-refractivity contribution in [3.63, 3.8) is 0 Å². The molecule has 0 spiro atoms. The van der Waals surface area contributed by atoms with Gasteiger partial charge in [0.15, 0.2) is 0 Å².